The average Bonchev–Trinajstić information content (AvgIpc) is 2.47. The summed E-state index contributed by atoms with van der Waals surface area (Å²) in [5.74, 6) is 0.480. The van der Waals surface area contributed by atoms with E-state index in [0.717, 1.165) is 11.3 Å². The molecular weight excluding hydrogens is 328 g/mol. The lowest BCUT2D eigenvalue weighted by molar-refractivity contribution is 0.0759. The first kappa shape index (κ1) is 16.7. The summed E-state index contributed by atoms with van der Waals surface area (Å²) >= 11 is 0. The van der Waals surface area contributed by atoms with Crippen molar-refractivity contribution in [2.24, 2.45) is 7.05 Å². The molecule has 0 saturated carbocycles. The van der Waals surface area contributed by atoms with Crippen LogP contribution < -0.4 is 10.3 Å². The maximum Gasteiger partial charge on any atom is 0.254 e. The molecule has 1 aliphatic rings. The Morgan fingerprint density at radius 1 is 1.12 bits per heavy atom. The largest absolute Gasteiger partial charge is 0.487 e. The van der Waals surface area contributed by atoms with E-state index in [2.05, 4.69) is 0 Å². The lowest BCUT2D eigenvalue weighted by Crippen LogP contribution is -2.56. The second kappa shape index (κ2) is 6.07. The standard InChI is InChI=1S/C17H20N2O4S/c1-12-5-4-6-16(7-12)24(21,22)19-10-15(11-19)23-14-8-13(2)18(3)17(20)9-14/h4-9,15H,10-11H2,1-3H3. The average molecular weight is 348 g/mol. The molecule has 1 saturated heterocycles. The maximum absolute atomic E-state index is 12.5. The summed E-state index contributed by atoms with van der Waals surface area (Å²) in [5.41, 5.74) is 1.55. The lowest BCUT2D eigenvalue weighted by Gasteiger charge is -2.37. The topological polar surface area (TPSA) is 68.6 Å². The quantitative estimate of drug-likeness (QED) is 0.839. The normalized spacial score (nSPS) is 16.0. The van der Waals surface area contributed by atoms with Gasteiger partial charge in [0.15, 0.2) is 0 Å². The van der Waals surface area contributed by atoms with Crippen molar-refractivity contribution < 1.29 is 13.2 Å². The van der Waals surface area contributed by atoms with Gasteiger partial charge in [-0.05, 0) is 37.6 Å². The number of aryl methyl sites for hydroxylation is 2. The van der Waals surface area contributed by atoms with Crippen molar-refractivity contribution in [2.75, 3.05) is 13.1 Å². The summed E-state index contributed by atoms with van der Waals surface area (Å²) in [7, 11) is -1.79. The molecule has 128 valence electrons. The molecule has 1 fully saturated rings. The molecule has 6 nitrogen and oxygen atoms in total. The van der Waals surface area contributed by atoms with Crippen LogP contribution in [0.4, 0.5) is 0 Å². The Morgan fingerprint density at radius 2 is 1.83 bits per heavy atom. The van der Waals surface area contributed by atoms with Crippen LogP contribution in [0.5, 0.6) is 5.75 Å². The summed E-state index contributed by atoms with van der Waals surface area (Å²) in [4.78, 5) is 12.1. The van der Waals surface area contributed by atoms with Gasteiger partial charge in [-0.3, -0.25) is 4.79 Å². The first-order valence-corrected chi connectivity index (χ1v) is 9.12. The monoisotopic (exact) mass is 348 g/mol. The van der Waals surface area contributed by atoms with Gasteiger partial charge in [0, 0.05) is 18.8 Å². The van der Waals surface area contributed by atoms with Gasteiger partial charge in [-0.15, -0.1) is 0 Å². The van der Waals surface area contributed by atoms with E-state index < -0.39 is 10.0 Å². The number of aromatic nitrogens is 1. The molecule has 7 heteroatoms. The van der Waals surface area contributed by atoms with E-state index in [1.807, 2.05) is 19.9 Å². The highest BCUT2D eigenvalue weighted by atomic mass is 32.2. The van der Waals surface area contributed by atoms with Gasteiger partial charge in [0.2, 0.25) is 10.0 Å². The summed E-state index contributed by atoms with van der Waals surface area (Å²) in [6.45, 7) is 4.25. The highest BCUT2D eigenvalue weighted by molar-refractivity contribution is 7.89. The number of ether oxygens (including phenoxy) is 1. The van der Waals surface area contributed by atoms with Crippen LogP contribution in [0.25, 0.3) is 0 Å². The van der Waals surface area contributed by atoms with Crippen LogP contribution in [0, 0.1) is 13.8 Å². The van der Waals surface area contributed by atoms with Gasteiger partial charge in [0.25, 0.3) is 5.56 Å². The molecule has 0 spiro atoms. The number of pyridine rings is 1. The van der Waals surface area contributed by atoms with Gasteiger partial charge >= 0.3 is 0 Å². The number of rotatable bonds is 4. The van der Waals surface area contributed by atoms with Crippen LogP contribution in [-0.2, 0) is 17.1 Å². The Balaban J connectivity index is 1.68. The summed E-state index contributed by atoms with van der Waals surface area (Å²) < 4.78 is 33.7. The molecule has 3 rings (SSSR count). The van der Waals surface area contributed by atoms with Gasteiger partial charge < -0.3 is 9.30 Å². The minimum Gasteiger partial charge on any atom is -0.487 e. The van der Waals surface area contributed by atoms with E-state index >= 15 is 0 Å². The van der Waals surface area contributed by atoms with E-state index in [-0.39, 0.29) is 24.8 Å². The van der Waals surface area contributed by atoms with Crippen LogP contribution >= 0.6 is 0 Å². The molecule has 1 aliphatic heterocycles. The predicted octanol–water partition coefficient (Wildman–Crippen LogP) is 1.45. The van der Waals surface area contributed by atoms with Crippen LogP contribution in [-0.4, -0.2) is 36.5 Å². The molecule has 0 radical (unpaired) electrons. The summed E-state index contributed by atoms with van der Waals surface area (Å²) in [6, 6.07) is 10.1. The number of hydrogen-bond donors (Lipinski definition) is 0. The third kappa shape index (κ3) is 3.09. The van der Waals surface area contributed by atoms with E-state index in [1.54, 1.807) is 31.3 Å². The van der Waals surface area contributed by atoms with Crippen molar-refractivity contribution >= 4 is 10.0 Å². The van der Waals surface area contributed by atoms with Gasteiger partial charge in [-0.2, -0.15) is 4.31 Å². The molecule has 2 aromatic rings. The van der Waals surface area contributed by atoms with Crippen molar-refractivity contribution in [1.29, 1.82) is 0 Å². The van der Waals surface area contributed by atoms with Crippen molar-refractivity contribution in [1.82, 2.24) is 8.87 Å². The van der Waals surface area contributed by atoms with Crippen molar-refractivity contribution in [3.8, 4) is 5.75 Å². The van der Waals surface area contributed by atoms with E-state index in [9.17, 15) is 13.2 Å². The number of sulfonamides is 1. The van der Waals surface area contributed by atoms with Gasteiger partial charge in [0.05, 0.1) is 18.0 Å². The van der Waals surface area contributed by atoms with Gasteiger partial charge in [-0.25, -0.2) is 8.42 Å². The van der Waals surface area contributed by atoms with Crippen molar-refractivity contribution in [2.45, 2.75) is 24.8 Å². The minimum absolute atomic E-state index is 0.145. The minimum atomic E-state index is -3.49. The Morgan fingerprint density at radius 3 is 2.46 bits per heavy atom. The highest BCUT2D eigenvalue weighted by Crippen LogP contribution is 2.25. The molecule has 1 aromatic carbocycles. The third-order valence-corrected chi connectivity index (χ3v) is 6.05. The zero-order chi connectivity index (χ0) is 17.5. The van der Waals surface area contributed by atoms with Gasteiger partial charge in [-0.1, -0.05) is 12.1 Å². The molecule has 0 aliphatic carbocycles. The molecule has 0 unspecified atom stereocenters. The fraction of sp³-hybridized carbons (Fsp3) is 0.353. The predicted molar refractivity (Wildman–Crippen MR) is 90.8 cm³/mol. The first-order chi connectivity index (χ1) is 11.3. The van der Waals surface area contributed by atoms with Crippen LogP contribution in [0.1, 0.15) is 11.3 Å². The molecule has 2 heterocycles. The van der Waals surface area contributed by atoms with Crippen LogP contribution in [0.3, 0.4) is 0 Å². The molecule has 0 amide bonds. The van der Waals surface area contributed by atoms with E-state index in [4.69, 9.17) is 4.74 Å². The SMILES string of the molecule is Cc1cccc(S(=O)(=O)N2CC(Oc3cc(C)n(C)c(=O)c3)C2)c1. The van der Waals surface area contributed by atoms with Crippen LogP contribution in [0.2, 0.25) is 0 Å². The summed E-state index contributed by atoms with van der Waals surface area (Å²) in [6.07, 6.45) is -0.240. The number of hydrogen-bond acceptors (Lipinski definition) is 4. The number of nitrogens with zero attached hydrogens (tertiary/aromatic N) is 2. The highest BCUT2D eigenvalue weighted by Gasteiger charge is 2.38. The zero-order valence-electron chi connectivity index (χ0n) is 13.9. The first-order valence-electron chi connectivity index (χ1n) is 7.68. The molecule has 1 aromatic heterocycles. The van der Waals surface area contributed by atoms with E-state index in [1.165, 1.54) is 14.9 Å². The van der Waals surface area contributed by atoms with Crippen LogP contribution in [0.15, 0.2) is 46.1 Å². The Hall–Kier alpha value is -2.12. The van der Waals surface area contributed by atoms with Gasteiger partial charge in [0.1, 0.15) is 11.9 Å². The lowest BCUT2D eigenvalue weighted by atomic mass is 10.2. The summed E-state index contributed by atoms with van der Waals surface area (Å²) in [5, 5.41) is 0. The fourth-order valence-electron chi connectivity index (χ4n) is 2.59. The number of benzene rings is 1. The molecule has 24 heavy (non-hydrogen) atoms. The molecule has 0 N–H and O–H groups in total. The second-order valence-electron chi connectivity index (χ2n) is 6.11. The second-order valence-corrected chi connectivity index (χ2v) is 8.05. The Labute approximate surface area is 141 Å². The van der Waals surface area contributed by atoms with Crippen molar-refractivity contribution in [3.05, 3.63) is 58.0 Å². The van der Waals surface area contributed by atoms with Crippen molar-refractivity contribution in [3.63, 3.8) is 0 Å². The molecule has 0 atom stereocenters. The Kier molecular flexibility index (Phi) is 4.23. The Bertz CT molecular complexity index is 928. The molecule has 0 bridgehead atoms. The fourth-order valence-corrected chi connectivity index (χ4v) is 4.20. The maximum atomic E-state index is 12.5. The molecular formula is C17H20N2O4S. The van der Waals surface area contributed by atoms with E-state index in [0.29, 0.717) is 10.6 Å². The zero-order valence-corrected chi connectivity index (χ0v) is 14.7. The smallest absolute Gasteiger partial charge is 0.254 e. The third-order valence-electron chi connectivity index (χ3n) is 4.22.